The van der Waals surface area contributed by atoms with Gasteiger partial charge in [0.25, 0.3) is 0 Å². The monoisotopic (exact) mass is 788 g/mol. The van der Waals surface area contributed by atoms with E-state index in [1.165, 1.54) is 43.2 Å². The first-order chi connectivity index (χ1) is 29.4. The summed E-state index contributed by atoms with van der Waals surface area (Å²) in [5.41, 5.74) is 16.6. The molecule has 0 N–H and O–H groups in total. The van der Waals surface area contributed by atoms with E-state index in [2.05, 4.69) is 215 Å². The molecule has 2 nitrogen and oxygen atoms in total. The molecule has 0 amide bonds. The molecule has 1 unspecified atom stereocenters. The summed E-state index contributed by atoms with van der Waals surface area (Å²) in [6.45, 7) is 11.1. The van der Waals surface area contributed by atoms with Crippen molar-refractivity contribution >= 4 is 11.8 Å². The van der Waals surface area contributed by atoms with Crippen molar-refractivity contribution in [2.45, 2.75) is 36.5 Å². The zero-order chi connectivity index (χ0) is 40.8. The molecule has 0 bridgehead atoms. The summed E-state index contributed by atoms with van der Waals surface area (Å²) in [4.78, 5) is 13.1. The lowest BCUT2D eigenvalue weighted by Crippen LogP contribution is -2.43. The molecule has 7 aromatic carbocycles. The maximum absolute atomic E-state index is 5.34. The Bertz CT molecular complexity index is 3010. The van der Waals surface area contributed by atoms with Crippen molar-refractivity contribution in [3.63, 3.8) is 0 Å². The summed E-state index contributed by atoms with van der Waals surface area (Å²) in [6.07, 6.45) is 6.29. The van der Waals surface area contributed by atoms with Crippen LogP contribution >= 0.6 is 11.8 Å². The fourth-order valence-electron chi connectivity index (χ4n) is 9.58. The molecule has 1 atom stereocenters. The normalized spacial score (nSPS) is 16.3. The zero-order valence-electron chi connectivity index (χ0n) is 34.1. The molecule has 10 rings (SSSR count). The van der Waals surface area contributed by atoms with Crippen LogP contribution < -0.4 is 0 Å². The van der Waals surface area contributed by atoms with Gasteiger partial charge in [0.2, 0.25) is 0 Å². The molecule has 1 aliphatic heterocycles. The van der Waals surface area contributed by atoms with Crippen LogP contribution in [0.2, 0.25) is 0 Å². The van der Waals surface area contributed by atoms with Crippen LogP contribution in [0.25, 0.3) is 56.2 Å². The minimum absolute atomic E-state index is 0.223. The van der Waals surface area contributed by atoms with E-state index in [1.807, 2.05) is 23.9 Å². The van der Waals surface area contributed by atoms with Gasteiger partial charge in [-0.25, -0.2) is 9.97 Å². The third-order valence-corrected chi connectivity index (χ3v) is 13.5. The lowest BCUT2D eigenvalue weighted by atomic mass is 9.53. The van der Waals surface area contributed by atoms with Crippen molar-refractivity contribution in [3.8, 4) is 56.2 Å². The molecule has 0 saturated heterocycles. The van der Waals surface area contributed by atoms with Crippen LogP contribution in [0.15, 0.2) is 222 Å². The Morgan fingerprint density at radius 3 is 1.80 bits per heavy atom. The van der Waals surface area contributed by atoms with Crippen LogP contribution in [0.1, 0.15) is 48.6 Å². The molecule has 0 fully saturated rings. The molecular formula is C57H44N2S. The van der Waals surface area contributed by atoms with E-state index in [-0.39, 0.29) is 5.41 Å². The highest BCUT2D eigenvalue weighted by Crippen LogP contribution is 2.61. The number of hydrogen-bond donors (Lipinski definition) is 0. The van der Waals surface area contributed by atoms with E-state index in [4.69, 9.17) is 9.97 Å². The Hall–Kier alpha value is -6.81. The standard InChI is InChI=1S/C57H44N2S/c1-5-6-28-46-38(2)60-54-32-18-17-31-50(54)57(46)49-30-16-15-29-47(49)56(3,4)48-34-33-42(36-51(48)57)41-24-19-25-43(35-41)53-37-52(40-22-11-8-12-23-40)58-55(59-53)45-27-14-13-26-44(45)39-20-9-7-10-21-39/h5-37H,1H2,2-4H3/b28-6-. The Kier molecular flexibility index (Phi) is 9.42. The van der Waals surface area contributed by atoms with Gasteiger partial charge in [-0.15, -0.1) is 0 Å². The molecule has 8 aromatic rings. The average molecular weight is 789 g/mol. The van der Waals surface area contributed by atoms with Gasteiger partial charge in [0, 0.05) is 27.0 Å². The largest absolute Gasteiger partial charge is 0.228 e. The van der Waals surface area contributed by atoms with Gasteiger partial charge in [-0.1, -0.05) is 208 Å². The summed E-state index contributed by atoms with van der Waals surface area (Å²) >= 11 is 1.87. The predicted molar refractivity (Wildman–Crippen MR) is 252 cm³/mol. The highest BCUT2D eigenvalue weighted by atomic mass is 32.2. The number of benzene rings is 7. The van der Waals surface area contributed by atoms with Crippen LogP contribution in [-0.2, 0) is 10.8 Å². The second kappa shape index (κ2) is 15.1. The molecular weight excluding hydrogens is 745 g/mol. The van der Waals surface area contributed by atoms with Crippen molar-refractivity contribution < 1.29 is 0 Å². The molecule has 1 aromatic heterocycles. The number of thioether (sulfide) groups is 1. The Labute approximate surface area is 357 Å². The first kappa shape index (κ1) is 37.5. The maximum Gasteiger partial charge on any atom is 0.161 e. The van der Waals surface area contributed by atoms with E-state index in [0.717, 1.165) is 50.3 Å². The van der Waals surface area contributed by atoms with Gasteiger partial charge < -0.3 is 0 Å². The molecule has 2 aliphatic rings. The van der Waals surface area contributed by atoms with Crippen LogP contribution in [-0.4, -0.2) is 9.97 Å². The van der Waals surface area contributed by atoms with Crippen molar-refractivity contribution in [2.24, 2.45) is 0 Å². The molecule has 288 valence electrons. The van der Waals surface area contributed by atoms with Crippen LogP contribution in [0.5, 0.6) is 0 Å². The quantitative estimate of drug-likeness (QED) is 0.150. The third kappa shape index (κ3) is 6.12. The highest BCUT2D eigenvalue weighted by Gasteiger charge is 2.52. The third-order valence-electron chi connectivity index (χ3n) is 12.4. The van der Waals surface area contributed by atoms with Gasteiger partial charge in [-0.3, -0.25) is 0 Å². The topological polar surface area (TPSA) is 25.8 Å². The predicted octanol–water partition coefficient (Wildman–Crippen LogP) is 14.9. The minimum atomic E-state index is -0.529. The number of fused-ring (bicyclic) bond motifs is 6. The molecule has 3 heteroatoms. The Morgan fingerprint density at radius 1 is 0.483 bits per heavy atom. The summed E-state index contributed by atoms with van der Waals surface area (Å²) < 4.78 is 0. The lowest BCUT2D eigenvalue weighted by molar-refractivity contribution is 0.553. The first-order valence-electron chi connectivity index (χ1n) is 20.6. The average Bonchev–Trinajstić information content (AvgIpc) is 3.30. The summed E-state index contributed by atoms with van der Waals surface area (Å²) in [6, 6.07) is 65.6. The van der Waals surface area contributed by atoms with Gasteiger partial charge in [0.15, 0.2) is 5.82 Å². The van der Waals surface area contributed by atoms with Gasteiger partial charge in [0.1, 0.15) is 0 Å². The van der Waals surface area contributed by atoms with Crippen molar-refractivity contribution in [2.75, 3.05) is 0 Å². The van der Waals surface area contributed by atoms with E-state index >= 15 is 0 Å². The first-order valence-corrected chi connectivity index (χ1v) is 21.4. The van der Waals surface area contributed by atoms with Crippen molar-refractivity contribution in [3.05, 3.63) is 245 Å². The minimum Gasteiger partial charge on any atom is -0.228 e. The number of aromatic nitrogens is 2. The SMILES string of the molecule is C=C/C=C\C1=C(C)Sc2ccccc2C12c1ccccc1C(C)(C)c1ccc(-c3cccc(-c4cc(-c5ccccc5)nc(-c5ccccc5-c5ccccc5)n4)c3)cc12. The molecule has 60 heavy (non-hydrogen) atoms. The second-order valence-corrected chi connectivity index (χ2v) is 17.4. The summed E-state index contributed by atoms with van der Waals surface area (Å²) in [5, 5.41) is 0. The van der Waals surface area contributed by atoms with Crippen LogP contribution in [0.3, 0.4) is 0 Å². The lowest BCUT2D eigenvalue weighted by Gasteiger charge is -2.50. The molecule has 1 spiro atoms. The van der Waals surface area contributed by atoms with E-state index < -0.39 is 5.41 Å². The number of allylic oxidation sites excluding steroid dienone is 5. The Balaban J connectivity index is 1.18. The second-order valence-electron chi connectivity index (χ2n) is 16.2. The highest BCUT2D eigenvalue weighted by molar-refractivity contribution is 8.03. The molecule has 0 saturated carbocycles. The van der Waals surface area contributed by atoms with Crippen molar-refractivity contribution in [1.29, 1.82) is 0 Å². The molecule has 0 radical (unpaired) electrons. The maximum atomic E-state index is 5.34. The number of hydrogen-bond acceptors (Lipinski definition) is 3. The van der Waals surface area contributed by atoms with Gasteiger partial charge in [-0.2, -0.15) is 0 Å². The zero-order valence-corrected chi connectivity index (χ0v) is 34.9. The fraction of sp³-hybridized carbons (Fsp3) is 0.0877. The van der Waals surface area contributed by atoms with Crippen molar-refractivity contribution in [1.82, 2.24) is 9.97 Å². The van der Waals surface area contributed by atoms with E-state index in [9.17, 15) is 0 Å². The summed E-state index contributed by atoms with van der Waals surface area (Å²) in [7, 11) is 0. The summed E-state index contributed by atoms with van der Waals surface area (Å²) in [5.74, 6) is 0.698. The van der Waals surface area contributed by atoms with Crippen LogP contribution in [0, 0.1) is 0 Å². The van der Waals surface area contributed by atoms with Gasteiger partial charge >= 0.3 is 0 Å². The van der Waals surface area contributed by atoms with E-state index in [1.54, 1.807) is 0 Å². The number of nitrogens with zero attached hydrogens (tertiary/aromatic N) is 2. The fourth-order valence-corrected chi connectivity index (χ4v) is 10.7. The van der Waals surface area contributed by atoms with E-state index in [0.29, 0.717) is 5.82 Å². The number of rotatable bonds is 7. The van der Waals surface area contributed by atoms with Gasteiger partial charge in [0.05, 0.1) is 16.8 Å². The molecule has 2 heterocycles. The van der Waals surface area contributed by atoms with Crippen LogP contribution in [0.4, 0.5) is 0 Å². The molecule has 1 aliphatic carbocycles. The van der Waals surface area contributed by atoms with Gasteiger partial charge in [-0.05, 0) is 91.7 Å². The Morgan fingerprint density at radius 2 is 1.05 bits per heavy atom. The smallest absolute Gasteiger partial charge is 0.161 e.